The van der Waals surface area contributed by atoms with Crippen LogP contribution in [-0.4, -0.2) is 22.4 Å². The molecule has 0 unspecified atom stereocenters. The highest BCUT2D eigenvalue weighted by Crippen LogP contribution is 2.22. The molecule has 0 aliphatic rings. The number of anilines is 2. The van der Waals surface area contributed by atoms with Crippen LogP contribution < -0.4 is 10.6 Å². The standard InChI is InChI=1S/C16H19ClN4O/c1-11(2)7-9-18-15(22)14-8-10-19-16(21-14)20-13-6-4-3-5-12(13)17/h3-6,8,10-11H,7,9H2,1-2H3,(H,18,22)(H,19,20,21). The lowest BCUT2D eigenvalue weighted by Crippen LogP contribution is -2.26. The zero-order chi connectivity index (χ0) is 15.9. The molecule has 0 spiro atoms. The highest BCUT2D eigenvalue weighted by molar-refractivity contribution is 6.33. The van der Waals surface area contributed by atoms with Gasteiger partial charge in [0.2, 0.25) is 5.95 Å². The zero-order valence-corrected chi connectivity index (χ0v) is 13.4. The Morgan fingerprint density at radius 2 is 2.05 bits per heavy atom. The first-order chi connectivity index (χ1) is 10.6. The van der Waals surface area contributed by atoms with Crippen LogP contribution in [0.5, 0.6) is 0 Å². The van der Waals surface area contributed by atoms with Crippen LogP contribution in [0.25, 0.3) is 0 Å². The summed E-state index contributed by atoms with van der Waals surface area (Å²) >= 11 is 6.08. The molecule has 0 bridgehead atoms. The Labute approximate surface area is 135 Å². The molecule has 1 aromatic carbocycles. The lowest BCUT2D eigenvalue weighted by atomic mass is 10.1. The first-order valence-corrected chi connectivity index (χ1v) is 7.57. The van der Waals surface area contributed by atoms with Crippen LogP contribution in [0.2, 0.25) is 5.02 Å². The van der Waals surface area contributed by atoms with E-state index in [0.717, 1.165) is 6.42 Å². The number of halogens is 1. The van der Waals surface area contributed by atoms with Crippen LogP contribution >= 0.6 is 11.6 Å². The third-order valence-corrected chi connectivity index (χ3v) is 3.35. The molecule has 2 N–H and O–H groups in total. The van der Waals surface area contributed by atoms with Gasteiger partial charge in [-0.25, -0.2) is 9.97 Å². The quantitative estimate of drug-likeness (QED) is 0.853. The fraction of sp³-hybridized carbons (Fsp3) is 0.312. The van der Waals surface area contributed by atoms with Crippen molar-refractivity contribution < 1.29 is 4.79 Å². The monoisotopic (exact) mass is 318 g/mol. The maximum Gasteiger partial charge on any atom is 0.270 e. The Hall–Kier alpha value is -2.14. The number of rotatable bonds is 6. The number of aromatic nitrogens is 2. The minimum Gasteiger partial charge on any atom is -0.351 e. The minimum atomic E-state index is -0.203. The molecule has 1 heterocycles. The SMILES string of the molecule is CC(C)CCNC(=O)c1ccnc(Nc2ccccc2Cl)n1. The normalized spacial score (nSPS) is 10.5. The van der Waals surface area contributed by atoms with Crippen molar-refractivity contribution >= 4 is 29.1 Å². The predicted molar refractivity (Wildman–Crippen MR) is 88.6 cm³/mol. The van der Waals surface area contributed by atoms with Crippen molar-refractivity contribution in [2.45, 2.75) is 20.3 Å². The van der Waals surface area contributed by atoms with Crippen molar-refractivity contribution in [1.29, 1.82) is 0 Å². The van der Waals surface area contributed by atoms with Crippen molar-refractivity contribution in [3.05, 3.63) is 47.2 Å². The van der Waals surface area contributed by atoms with Crippen LogP contribution in [0.3, 0.4) is 0 Å². The van der Waals surface area contributed by atoms with Crippen molar-refractivity contribution in [2.24, 2.45) is 5.92 Å². The van der Waals surface area contributed by atoms with E-state index in [-0.39, 0.29) is 5.91 Å². The number of carbonyl (C=O) groups is 1. The molecule has 6 heteroatoms. The molecule has 0 saturated carbocycles. The highest BCUT2D eigenvalue weighted by atomic mass is 35.5. The lowest BCUT2D eigenvalue weighted by Gasteiger charge is -2.09. The second-order valence-electron chi connectivity index (χ2n) is 5.31. The summed E-state index contributed by atoms with van der Waals surface area (Å²) < 4.78 is 0. The second-order valence-corrected chi connectivity index (χ2v) is 5.72. The molecule has 2 rings (SSSR count). The van der Waals surface area contributed by atoms with Gasteiger partial charge in [-0.1, -0.05) is 37.6 Å². The lowest BCUT2D eigenvalue weighted by molar-refractivity contribution is 0.0947. The summed E-state index contributed by atoms with van der Waals surface area (Å²) in [4.78, 5) is 20.4. The van der Waals surface area contributed by atoms with Gasteiger partial charge in [0.05, 0.1) is 10.7 Å². The van der Waals surface area contributed by atoms with Crippen LogP contribution in [-0.2, 0) is 0 Å². The average Bonchev–Trinajstić information content (AvgIpc) is 2.49. The van der Waals surface area contributed by atoms with Crippen LogP contribution in [0.4, 0.5) is 11.6 Å². The number of nitrogens with zero attached hydrogens (tertiary/aromatic N) is 2. The fourth-order valence-electron chi connectivity index (χ4n) is 1.79. The Kier molecular flexibility index (Phi) is 5.72. The zero-order valence-electron chi connectivity index (χ0n) is 12.6. The Bertz CT molecular complexity index is 646. The van der Waals surface area contributed by atoms with E-state index in [2.05, 4.69) is 34.4 Å². The van der Waals surface area contributed by atoms with E-state index in [9.17, 15) is 4.79 Å². The summed E-state index contributed by atoms with van der Waals surface area (Å²) in [6, 6.07) is 8.87. The molecule has 116 valence electrons. The van der Waals surface area contributed by atoms with Gasteiger partial charge >= 0.3 is 0 Å². The molecule has 0 aliphatic heterocycles. The Morgan fingerprint density at radius 1 is 1.27 bits per heavy atom. The molecule has 0 saturated heterocycles. The number of hydrogen-bond acceptors (Lipinski definition) is 4. The molecule has 1 amide bonds. The van der Waals surface area contributed by atoms with E-state index in [0.29, 0.717) is 34.8 Å². The fourth-order valence-corrected chi connectivity index (χ4v) is 1.98. The number of para-hydroxylation sites is 1. The largest absolute Gasteiger partial charge is 0.351 e. The van der Waals surface area contributed by atoms with E-state index in [1.807, 2.05) is 18.2 Å². The highest BCUT2D eigenvalue weighted by Gasteiger charge is 2.09. The first kappa shape index (κ1) is 16.2. The third kappa shape index (κ3) is 4.70. The summed E-state index contributed by atoms with van der Waals surface area (Å²) in [5.41, 5.74) is 1.02. The van der Waals surface area contributed by atoms with E-state index in [1.165, 1.54) is 0 Å². The summed E-state index contributed by atoms with van der Waals surface area (Å²) in [7, 11) is 0. The minimum absolute atomic E-state index is 0.203. The van der Waals surface area contributed by atoms with E-state index in [1.54, 1.807) is 18.3 Å². The average molecular weight is 319 g/mol. The number of amides is 1. The van der Waals surface area contributed by atoms with E-state index in [4.69, 9.17) is 11.6 Å². The number of carbonyl (C=O) groups excluding carboxylic acids is 1. The van der Waals surface area contributed by atoms with Gasteiger partial charge in [0, 0.05) is 12.7 Å². The third-order valence-electron chi connectivity index (χ3n) is 3.02. The van der Waals surface area contributed by atoms with Gasteiger partial charge in [-0.3, -0.25) is 4.79 Å². The van der Waals surface area contributed by atoms with Gasteiger partial charge in [0.15, 0.2) is 0 Å². The Morgan fingerprint density at radius 3 is 2.77 bits per heavy atom. The van der Waals surface area contributed by atoms with Gasteiger partial charge in [0.1, 0.15) is 5.69 Å². The number of hydrogen-bond donors (Lipinski definition) is 2. The maximum absolute atomic E-state index is 12.0. The van der Waals surface area contributed by atoms with E-state index >= 15 is 0 Å². The molecule has 0 fully saturated rings. The van der Waals surface area contributed by atoms with Gasteiger partial charge in [-0.2, -0.15) is 0 Å². The summed E-state index contributed by atoms with van der Waals surface area (Å²) in [5, 5.41) is 6.42. The molecule has 0 aliphatic carbocycles. The van der Waals surface area contributed by atoms with Crippen molar-refractivity contribution in [1.82, 2.24) is 15.3 Å². The van der Waals surface area contributed by atoms with Crippen LogP contribution in [0, 0.1) is 5.92 Å². The van der Waals surface area contributed by atoms with Crippen molar-refractivity contribution in [3.8, 4) is 0 Å². The van der Waals surface area contributed by atoms with Crippen LogP contribution in [0.15, 0.2) is 36.5 Å². The van der Waals surface area contributed by atoms with Gasteiger partial charge < -0.3 is 10.6 Å². The summed E-state index contributed by atoms with van der Waals surface area (Å²) in [6.45, 7) is 4.86. The Balaban J connectivity index is 2.03. The maximum atomic E-state index is 12.0. The van der Waals surface area contributed by atoms with Crippen molar-refractivity contribution in [2.75, 3.05) is 11.9 Å². The molecular weight excluding hydrogens is 300 g/mol. The van der Waals surface area contributed by atoms with Gasteiger partial charge in [0.25, 0.3) is 5.91 Å². The molecule has 22 heavy (non-hydrogen) atoms. The smallest absolute Gasteiger partial charge is 0.270 e. The molecule has 1 aromatic heterocycles. The number of nitrogens with one attached hydrogen (secondary N) is 2. The topological polar surface area (TPSA) is 66.9 Å². The molecule has 0 atom stereocenters. The first-order valence-electron chi connectivity index (χ1n) is 7.19. The molecule has 0 radical (unpaired) electrons. The summed E-state index contributed by atoms with van der Waals surface area (Å²) in [5.74, 6) is 0.679. The van der Waals surface area contributed by atoms with Crippen molar-refractivity contribution in [3.63, 3.8) is 0 Å². The van der Waals surface area contributed by atoms with E-state index < -0.39 is 0 Å². The van der Waals surface area contributed by atoms with Gasteiger partial charge in [-0.15, -0.1) is 0 Å². The van der Waals surface area contributed by atoms with Crippen LogP contribution in [0.1, 0.15) is 30.8 Å². The summed E-state index contributed by atoms with van der Waals surface area (Å²) in [6.07, 6.45) is 2.48. The van der Waals surface area contributed by atoms with Gasteiger partial charge in [-0.05, 0) is 30.5 Å². The second kappa shape index (κ2) is 7.75. The molecular formula is C16H19ClN4O. The number of benzene rings is 1. The molecule has 5 nitrogen and oxygen atoms in total. The predicted octanol–water partition coefficient (Wildman–Crippen LogP) is 3.65. The molecule has 2 aromatic rings.